The molecule has 6 atom stereocenters. The predicted molar refractivity (Wildman–Crippen MR) is 158 cm³/mol. The number of hydrogen-bond acceptors (Lipinski definition) is 5. The molecule has 0 aromatic heterocycles. The van der Waals surface area contributed by atoms with Gasteiger partial charge in [0.05, 0.1) is 23.0 Å². The van der Waals surface area contributed by atoms with Crippen molar-refractivity contribution in [3.05, 3.63) is 68.7 Å². The highest BCUT2D eigenvalue weighted by molar-refractivity contribution is 9.10. The molecular formula is C28H21Br2Cl3N2O5. The number of rotatable bonds is 3. The fourth-order valence-electron chi connectivity index (χ4n) is 6.83. The number of alkyl halides is 3. The van der Waals surface area contributed by atoms with E-state index in [4.69, 9.17) is 34.8 Å². The van der Waals surface area contributed by atoms with Crippen molar-refractivity contribution in [3.63, 3.8) is 0 Å². The second-order valence-corrected chi connectivity index (χ2v) is 13.7. The first-order valence-corrected chi connectivity index (χ1v) is 15.5. The van der Waals surface area contributed by atoms with Gasteiger partial charge in [-0.1, -0.05) is 61.2 Å². The molecule has 2 aromatic rings. The van der Waals surface area contributed by atoms with Crippen LogP contribution < -0.4 is 4.90 Å². The Morgan fingerprint density at radius 2 is 1.75 bits per heavy atom. The molecular weight excluding hydrogens is 710 g/mol. The number of imide groups is 2. The summed E-state index contributed by atoms with van der Waals surface area (Å²) in [5.41, 5.74) is 1.94. The largest absolute Gasteiger partial charge is 0.508 e. The monoisotopic (exact) mass is 728 g/mol. The first kappa shape index (κ1) is 28.2. The Bertz CT molecular complexity index is 1570. The Morgan fingerprint density at radius 1 is 1.02 bits per heavy atom. The minimum Gasteiger partial charge on any atom is -0.508 e. The molecule has 1 saturated carbocycles. The molecule has 2 heterocycles. The number of fused-ring (bicyclic) bond motifs is 4. The Morgan fingerprint density at radius 3 is 2.42 bits per heavy atom. The van der Waals surface area contributed by atoms with Gasteiger partial charge >= 0.3 is 0 Å². The summed E-state index contributed by atoms with van der Waals surface area (Å²) in [4.78, 5) is 53.4. The number of phenols is 1. The summed E-state index contributed by atoms with van der Waals surface area (Å²) < 4.78 is 0.612. The van der Waals surface area contributed by atoms with E-state index in [-0.39, 0.29) is 30.0 Å². The number of anilines is 1. The van der Waals surface area contributed by atoms with Gasteiger partial charge in [-0.2, -0.15) is 0 Å². The maximum atomic E-state index is 14.0. The summed E-state index contributed by atoms with van der Waals surface area (Å²) >= 11 is 27.3. The molecule has 2 aliphatic carbocycles. The molecule has 2 aromatic carbocycles. The molecule has 12 heteroatoms. The molecule has 2 aliphatic heterocycles. The topological polar surface area (TPSA) is 95.0 Å². The lowest BCUT2D eigenvalue weighted by Gasteiger charge is -2.50. The molecule has 6 rings (SSSR count). The first-order chi connectivity index (χ1) is 18.9. The Kier molecular flexibility index (Phi) is 6.74. The molecule has 208 valence electrons. The van der Waals surface area contributed by atoms with Crippen LogP contribution in [0.1, 0.15) is 29.9 Å². The van der Waals surface area contributed by atoms with Crippen LogP contribution in [0.25, 0.3) is 0 Å². The highest BCUT2D eigenvalue weighted by Gasteiger charge is 2.76. The SMILES string of the molecule is Cc1ccc(N2C(=O)C3CC=C4C(CC5(Cl)C(=O)N(CBr)C(=O)C5(Cl)C4c4cc(Br)ccc4O)C3C2=O)cc1Cl. The molecule has 4 amide bonds. The number of allylic oxidation sites excluding steroid dienone is 2. The number of carbonyl (C=O) groups excluding carboxylic acids is 4. The number of phenolic OH excluding ortho intramolecular Hbond substituents is 1. The number of amides is 4. The molecule has 0 spiro atoms. The van der Waals surface area contributed by atoms with Gasteiger partial charge in [-0.25, -0.2) is 4.90 Å². The summed E-state index contributed by atoms with van der Waals surface area (Å²) in [6.07, 6.45) is 1.91. The van der Waals surface area contributed by atoms with Crippen molar-refractivity contribution in [1.82, 2.24) is 4.90 Å². The van der Waals surface area contributed by atoms with Gasteiger partial charge in [0.25, 0.3) is 11.8 Å². The smallest absolute Gasteiger partial charge is 0.254 e. The number of likely N-dealkylation sites (tertiary alicyclic amines) is 1. The number of aromatic hydroxyl groups is 1. The highest BCUT2D eigenvalue weighted by Crippen LogP contribution is 2.66. The van der Waals surface area contributed by atoms with E-state index in [0.717, 1.165) is 15.4 Å². The van der Waals surface area contributed by atoms with Crippen LogP contribution in [-0.4, -0.2) is 48.8 Å². The fourth-order valence-corrected chi connectivity index (χ4v) is 8.80. The number of carbonyl (C=O) groups is 4. The normalized spacial score (nSPS) is 33.2. The molecule has 40 heavy (non-hydrogen) atoms. The van der Waals surface area contributed by atoms with Crippen molar-refractivity contribution >= 4 is 96.0 Å². The van der Waals surface area contributed by atoms with Crippen LogP contribution in [0.4, 0.5) is 5.69 Å². The molecule has 0 bridgehead atoms. The Labute approximate surface area is 261 Å². The average molecular weight is 732 g/mol. The summed E-state index contributed by atoms with van der Waals surface area (Å²) in [7, 11) is 0. The number of aryl methyl sites for hydroxylation is 1. The van der Waals surface area contributed by atoms with Gasteiger partial charge < -0.3 is 5.11 Å². The van der Waals surface area contributed by atoms with Crippen molar-refractivity contribution in [1.29, 1.82) is 0 Å². The van der Waals surface area contributed by atoms with Gasteiger partial charge in [0.2, 0.25) is 11.8 Å². The van der Waals surface area contributed by atoms with Crippen LogP contribution in [0.15, 0.2) is 52.5 Å². The molecule has 7 nitrogen and oxygen atoms in total. The molecule has 0 radical (unpaired) electrons. The van der Waals surface area contributed by atoms with Crippen LogP contribution in [0.5, 0.6) is 5.75 Å². The van der Waals surface area contributed by atoms with Crippen molar-refractivity contribution in [2.24, 2.45) is 17.8 Å². The van der Waals surface area contributed by atoms with Crippen LogP contribution in [0.3, 0.4) is 0 Å². The lowest BCUT2D eigenvalue weighted by Crippen LogP contribution is -2.60. The van der Waals surface area contributed by atoms with Crippen molar-refractivity contribution in [2.75, 3.05) is 10.4 Å². The van der Waals surface area contributed by atoms with Gasteiger partial charge in [0.1, 0.15) is 5.75 Å². The third-order valence-electron chi connectivity index (χ3n) is 8.73. The van der Waals surface area contributed by atoms with Gasteiger partial charge in [0.15, 0.2) is 9.75 Å². The third-order valence-corrected chi connectivity index (χ3v) is 11.5. The number of hydrogen-bond donors (Lipinski definition) is 1. The number of benzene rings is 2. The molecule has 3 fully saturated rings. The van der Waals surface area contributed by atoms with E-state index >= 15 is 0 Å². The van der Waals surface area contributed by atoms with E-state index in [9.17, 15) is 24.3 Å². The van der Waals surface area contributed by atoms with Gasteiger partial charge in [-0.05, 0) is 61.6 Å². The van der Waals surface area contributed by atoms with Crippen LogP contribution in [0, 0.1) is 24.7 Å². The predicted octanol–water partition coefficient (Wildman–Crippen LogP) is 6.03. The number of halogens is 5. The standard InChI is InChI=1S/C28H21Br2Cl3N2O5/c1-12-2-4-14(9-19(12)31)35-23(37)16-6-5-15-18(21(16)24(35)38)10-27(32)25(39)34(11-29)26(40)28(27,33)22(15)17-8-13(30)3-7-20(17)36/h2-5,7-9,16,18,21-22,36H,6,10-11H2,1H3. The maximum Gasteiger partial charge on any atom is 0.254 e. The van der Waals surface area contributed by atoms with Crippen molar-refractivity contribution < 1.29 is 24.3 Å². The first-order valence-electron chi connectivity index (χ1n) is 12.5. The molecule has 4 aliphatic rings. The fraction of sp³-hybridized carbons (Fsp3) is 0.357. The molecule has 1 N–H and O–H groups in total. The van der Waals surface area contributed by atoms with Crippen LogP contribution in [0.2, 0.25) is 5.02 Å². The van der Waals surface area contributed by atoms with Gasteiger partial charge in [-0.15, -0.1) is 23.2 Å². The van der Waals surface area contributed by atoms with E-state index in [1.54, 1.807) is 30.3 Å². The summed E-state index contributed by atoms with van der Waals surface area (Å²) in [5, 5.41) is 11.4. The zero-order valence-corrected chi connectivity index (χ0v) is 26.3. The third kappa shape index (κ3) is 3.60. The van der Waals surface area contributed by atoms with E-state index in [1.165, 1.54) is 6.07 Å². The van der Waals surface area contributed by atoms with E-state index in [0.29, 0.717) is 26.3 Å². The molecule has 2 saturated heterocycles. The maximum absolute atomic E-state index is 14.0. The summed E-state index contributed by atoms with van der Waals surface area (Å²) in [5.74, 6) is -5.60. The minimum absolute atomic E-state index is 0.125. The average Bonchev–Trinajstić information content (AvgIpc) is 3.25. The second kappa shape index (κ2) is 9.56. The number of nitrogens with zero attached hydrogens (tertiary/aromatic N) is 2. The summed E-state index contributed by atoms with van der Waals surface area (Å²) in [6.45, 7) is 1.82. The lowest BCUT2D eigenvalue weighted by atomic mass is 9.56. The van der Waals surface area contributed by atoms with Crippen LogP contribution in [-0.2, 0) is 19.2 Å². The Balaban J connectivity index is 1.53. The quantitative estimate of drug-likeness (QED) is 0.180. The highest BCUT2D eigenvalue weighted by atomic mass is 79.9. The molecule has 6 unspecified atom stereocenters. The zero-order chi connectivity index (χ0) is 28.9. The minimum atomic E-state index is -1.98. The van der Waals surface area contributed by atoms with E-state index in [1.807, 2.05) is 13.0 Å². The lowest BCUT2D eigenvalue weighted by molar-refractivity contribution is -0.138. The van der Waals surface area contributed by atoms with E-state index < -0.39 is 51.1 Å². The van der Waals surface area contributed by atoms with Crippen molar-refractivity contribution in [2.45, 2.75) is 35.4 Å². The summed E-state index contributed by atoms with van der Waals surface area (Å²) in [6, 6.07) is 9.72. The van der Waals surface area contributed by atoms with E-state index in [2.05, 4.69) is 31.9 Å². The van der Waals surface area contributed by atoms with Crippen molar-refractivity contribution in [3.8, 4) is 5.75 Å². The van der Waals surface area contributed by atoms with Gasteiger partial charge in [-0.3, -0.25) is 24.1 Å². The zero-order valence-electron chi connectivity index (χ0n) is 20.8. The second-order valence-electron chi connectivity index (χ2n) is 10.6. The van der Waals surface area contributed by atoms with Gasteiger partial charge in [0, 0.05) is 21.0 Å². The van der Waals surface area contributed by atoms with Crippen LogP contribution >= 0.6 is 66.7 Å². The Hall–Kier alpha value is -1.91.